The minimum absolute atomic E-state index is 0.0368. The van der Waals surface area contributed by atoms with Crippen molar-refractivity contribution >= 4 is 22.9 Å². The van der Waals surface area contributed by atoms with E-state index < -0.39 is 0 Å². The van der Waals surface area contributed by atoms with Gasteiger partial charge in [-0.1, -0.05) is 12.1 Å². The molecule has 1 aromatic carbocycles. The van der Waals surface area contributed by atoms with Gasteiger partial charge in [0.25, 0.3) is 6.01 Å². The second kappa shape index (κ2) is 7.37. The number of oxazole rings is 1. The number of para-hydroxylation sites is 2. The molecule has 1 heterocycles. The molecular formula is C20H28N4O2. The maximum Gasteiger partial charge on any atom is 0.296 e. The monoisotopic (exact) mass is 356 g/mol. The highest BCUT2D eigenvalue weighted by Crippen LogP contribution is 2.42. The summed E-state index contributed by atoms with van der Waals surface area (Å²) in [6.45, 7) is 0.588. The average molecular weight is 356 g/mol. The smallest absolute Gasteiger partial charge is 0.296 e. The number of aromatic nitrogens is 1. The Kier molecular flexibility index (Phi) is 4.96. The van der Waals surface area contributed by atoms with Crippen LogP contribution in [0.15, 0.2) is 28.7 Å². The van der Waals surface area contributed by atoms with E-state index in [-0.39, 0.29) is 11.5 Å². The molecule has 140 valence electrons. The Morgan fingerprint density at radius 2 is 2.12 bits per heavy atom. The molecule has 0 spiro atoms. The molecule has 2 aliphatic carbocycles. The van der Waals surface area contributed by atoms with Gasteiger partial charge in [-0.15, -0.1) is 0 Å². The average Bonchev–Trinajstić information content (AvgIpc) is 2.93. The first-order valence-electron chi connectivity index (χ1n) is 9.75. The zero-order chi connectivity index (χ0) is 18.0. The Labute approximate surface area is 154 Å². The lowest BCUT2D eigenvalue weighted by atomic mass is 9.65. The number of nitrogens with one attached hydrogen (secondary N) is 3. The predicted octanol–water partition coefficient (Wildman–Crippen LogP) is 3.06. The van der Waals surface area contributed by atoms with Crippen LogP contribution in [-0.4, -0.2) is 36.1 Å². The summed E-state index contributed by atoms with van der Waals surface area (Å²) in [4.78, 5) is 17.1. The molecule has 0 amide bonds. The molecule has 2 unspecified atom stereocenters. The van der Waals surface area contributed by atoms with Crippen LogP contribution in [0.25, 0.3) is 11.1 Å². The lowest BCUT2D eigenvalue weighted by Gasteiger charge is -2.47. The second-order valence-electron chi connectivity index (χ2n) is 7.65. The lowest BCUT2D eigenvalue weighted by molar-refractivity contribution is -0.127. The van der Waals surface area contributed by atoms with E-state index in [1.54, 1.807) is 0 Å². The van der Waals surface area contributed by atoms with Gasteiger partial charge in [-0.05, 0) is 57.7 Å². The first kappa shape index (κ1) is 17.5. The summed E-state index contributed by atoms with van der Waals surface area (Å²) in [5.74, 6) is 0.570. The molecule has 2 atom stereocenters. The standard InChI is InChI=1S/C20H28N4O2/c1-21-20(10-5-11-20)15-12-14(6-4-8-17(15)25)22-13-23-19-24-16-7-2-3-9-18(16)26-19/h2-3,7,9,14-15,21-22H,4-6,8,10-13H2,1H3,(H,23,24). The van der Waals surface area contributed by atoms with Gasteiger partial charge in [0.05, 0.1) is 6.67 Å². The SMILES string of the molecule is CNC1(C2CC(NCNc3nc4ccccc4o3)CCCC2=O)CCC1. The summed E-state index contributed by atoms with van der Waals surface area (Å²) < 4.78 is 5.69. The maximum absolute atomic E-state index is 12.6. The molecular weight excluding hydrogens is 328 g/mol. The Balaban J connectivity index is 1.35. The van der Waals surface area contributed by atoms with E-state index in [4.69, 9.17) is 4.42 Å². The van der Waals surface area contributed by atoms with Crippen molar-refractivity contribution in [1.82, 2.24) is 15.6 Å². The number of benzene rings is 1. The van der Waals surface area contributed by atoms with Crippen molar-refractivity contribution in [1.29, 1.82) is 0 Å². The second-order valence-corrected chi connectivity index (χ2v) is 7.65. The summed E-state index contributed by atoms with van der Waals surface area (Å²) in [5, 5.41) is 10.2. The fourth-order valence-corrected chi connectivity index (χ4v) is 4.50. The summed E-state index contributed by atoms with van der Waals surface area (Å²) in [6, 6.07) is 8.62. The quantitative estimate of drug-likeness (QED) is 0.545. The lowest BCUT2D eigenvalue weighted by Crippen LogP contribution is -2.58. The topological polar surface area (TPSA) is 79.2 Å². The van der Waals surface area contributed by atoms with Crippen LogP contribution in [-0.2, 0) is 4.79 Å². The Bertz CT molecular complexity index is 730. The van der Waals surface area contributed by atoms with Crippen LogP contribution >= 0.6 is 0 Å². The van der Waals surface area contributed by atoms with Crippen LogP contribution in [0.3, 0.4) is 0 Å². The van der Waals surface area contributed by atoms with E-state index in [1.165, 1.54) is 6.42 Å². The number of carbonyl (C=O) groups is 1. The number of hydrogen-bond donors (Lipinski definition) is 3. The Morgan fingerprint density at radius 3 is 2.85 bits per heavy atom. The molecule has 2 aliphatic rings. The highest BCUT2D eigenvalue weighted by atomic mass is 16.4. The fourth-order valence-electron chi connectivity index (χ4n) is 4.50. The van der Waals surface area contributed by atoms with Gasteiger partial charge in [-0.2, -0.15) is 4.98 Å². The third kappa shape index (κ3) is 3.35. The minimum Gasteiger partial charge on any atom is -0.424 e. The van der Waals surface area contributed by atoms with Crippen LogP contribution in [0.2, 0.25) is 0 Å². The molecule has 6 heteroatoms. The van der Waals surface area contributed by atoms with Gasteiger partial charge in [0.1, 0.15) is 11.3 Å². The summed E-state index contributed by atoms with van der Waals surface area (Å²) in [5.41, 5.74) is 1.68. The number of Topliss-reactive ketones (excluding diaryl/α,β-unsaturated/α-hetero) is 1. The normalized spacial score (nSPS) is 25.7. The molecule has 6 nitrogen and oxygen atoms in total. The number of hydrogen-bond acceptors (Lipinski definition) is 6. The van der Waals surface area contributed by atoms with Crippen molar-refractivity contribution in [3.05, 3.63) is 24.3 Å². The molecule has 4 rings (SSSR count). The third-order valence-corrected chi connectivity index (χ3v) is 6.22. The largest absolute Gasteiger partial charge is 0.424 e. The van der Waals surface area contributed by atoms with Gasteiger partial charge in [0, 0.05) is 23.9 Å². The molecule has 2 fully saturated rings. The van der Waals surface area contributed by atoms with Crippen LogP contribution < -0.4 is 16.0 Å². The Morgan fingerprint density at radius 1 is 1.27 bits per heavy atom. The molecule has 3 N–H and O–H groups in total. The first-order valence-corrected chi connectivity index (χ1v) is 9.75. The van der Waals surface area contributed by atoms with E-state index in [1.807, 2.05) is 31.3 Å². The van der Waals surface area contributed by atoms with E-state index >= 15 is 0 Å². The number of rotatable bonds is 6. The van der Waals surface area contributed by atoms with Gasteiger partial charge in [-0.3, -0.25) is 10.1 Å². The van der Waals surface area contributed by atoms with Crippen molar-refractivity contribution in [2.75, 3.05) is 19.0 Å². The van der Waals surface area contributed by atoms with Crippen molar-refractivity contribution in [2.24, 2.45) is 5.92 Å². The van der Waals surface area contributed by atoms with Crippen LogP contribution in [0.5, 0.6) is 0 Å². The van der Waals surface area contributed by atoms with Crippen LogP contribution in [0, 0.1) is 5.92 Å². The molecule has 2 saturated carbocycles. The summed E-state index contributed by atoms with van der Waals surface area (Å²) in [7, 11) is 2.01. The highest BCUT2D eigenvalue weighted by molar-refractivity contribution is 5.83. The molecule has 0 saturated heterocycles. The molecule has 0 aliphatic heterocycles. The first-order chi connectivity index (χ1) is 12.7. The van der Waals surface area contributed by atoms with E-state index in [0.29, 0.717) is 30.9 Å². The van der Waals surface area contributed by atoms with E-state index in [2.05, 4.69) is 20.9 Å². The van der Waals surface area contributed by atoms with Gasteiger partial charge in [0.15, 0.2) is 5.58 Å². The molecule has 1 aromatic heterocycles. The van der Waals surface area contributed by atoms with Gasteiger partial charge < -0.3 is 15.1 Å². The van der Waals surface area contributed by atoms with Crippen LogP contribution in [0.1, 0.15) is 44.9 Å². The van der Waals surface area contributed by atoms with Gasteiger partial charge >= 0.3 is 0 Å². The van der Waals surface area contributed by atoms with Crippen LogP contribution in [0.4, 0.5) is 6.01 Å². The molecule has 0 radical (unpaired) electrons. The zero-order valence-corrected chi connectivity index (χ0v) is 15.4. The summed E-state index contributed by atoms with van der Waals surface area (Å²) in [6.07, 6.45) is 7.09. The van der Waals surface area contributed by atoms with E-state index in [0.717, 1.165) is 43.2 Å². The van der Waals surface area contributed by atoms with Crippen molar-refractivity contribution in [2.45, 2.75) is 56.5 Å². The molecule has 0 bridgehead atoms. The van der Waals surface area contributed by atoms with Gasteiger partial charge in [0.2, 0.25) is 0 Å². The third-order valence-electron chi connectivity index (χ3n) is 6.22. The minimum atomic E-state index is 0.0368. The number of ketones is 1. The van der Waals surface area contributed by atoms with Crippen molar-refractivity contribution < 1.29 is 9.21 Å². The van der Waals surface area contributed by atoms with E-state index in [9.17, 15) is 4.79 Å². The zero-order valence-electron chi connectivity index (χ0n) is 15.4. The highest BCUT2D eigenvalue weighted by Gasteiger charge is 2.47. The summed E-state index contributed by atoms with van der Waals surface area (Å²) >= 11 is 0. The molecule has 26 heavy (non-hydrogen) atoms. The molecule has 2 aromatic rings. The number of anilines is 1. The predicted molar refractivity (Wildman–Crippen MR) is 102 cm³/mol. The fraction of sp³-hybridized carbons (Fsp3) is 0.600. The number of carbonyl (C=O) groups excluding carboxylic acids is 1. The number of fused-ring (bicyclic) bond motifs is 1. The van der Waals surface area contributed by atoms with Crippen molar-refractivity contribution in [3.63, 3.8) is 0 Å². The number of nitrogens with zero attached hydrogens (tertiary/aromatic N) is 1. The maximum atomic E-state index is 12.6. The Hall–Kier alpha value is -1.92. The van der Waals surface area contributed by atoms with Crippen molar-refractivity contribution in [3.8, 4) is 0 Å². The van der Waals surface area contributed by atoms with Gasteiger partial charge in [-0.25, -0.2) is 0 Å².